The SMILES string of the molecule is C=C(C)C(=O)OCC1NC(=O)NC(COC(=O)C(=C)C)OCc2ccc(cc2[N+](=O)[O-])CO1.[CH2]CNC(=O)NC[CH2]. The first-order valence-electron chi connectivity index (χ1n) is 12.2. The minimum atomic E-state index is -1.16. The molecule has 2 aliphatic rings. The van der Waals surface area contributed by atoms with E-state index in [2.05, 4.69) is 48.3 Å². The monoisotopic (exact) mass is 577 g/mol. The normalized spacial score (nSPS) is 16.4. The van der Waals surface area contributed by atoms with E-state index in [1.165, 1.54) is 26.0 Å². The van der Waals surface area contributed by atoms with Gasteiger partial charge in [0.2, 0.25) is 0 Å². The van der Waals surface area contributed by atoms with Gasteiger partial charge in [0.05, 0.1) is 23.7 Å². The molecule has 0 spiro atoms. The summed E-state index contributed by atoms with van der Waals surface area (Å²) in [6.07, 6.45) is -2.27. The first-order valence-corrected chi connectivity index (χ1v) is 12.2. The van der Waals surface area contributed by atoms with Gasteiger partial charge in [-0.1, -0.05) is 19.2 Å². The lowest BCUT2D eigenvalue weighted by Crippen LogP contribution is -2.50. The molecule has 0 fully saturated rings. The zero-order valence-electron chi connectivity index (χ0n) is 23.0. The number of nitrogens with zero attached hydrogens (tertiary/aromatic N) is 1. The number of carbonyl (C=O) groups excluding carboxylic acids is 4. The number of hydrogen-bond acceptors (Lipinski definition) is 10. The Morgan fingerprint density at radius 3 is 1.90 bits per heavy atom. The Balaban J connectivity index is 0.000000915. The third-order valence-electron chi connectivity index (χ3n) is 4.82. The highest BCUT2D eigenvalue weighted by molar-refractivity contribution is 5.87. The van der Waals surface area contributed by atoms with Crippen LogP contribution >= 0.6 is 0 Å². The lowest BCUT2D eigenvalue weighted by molar-refractivity contribution is -0.386. The van der Waals surface area contributed by atoms with Gasteiger partial charge < -0.3 is 40.2 Å². The summed E-state index contributed by atoms with van der Waals surface area (Å²) in [7, 11) is 0. The molecule has 41 heavy (non-hydrogen) atoms. The highest BCUT2D eigenvalue weighted by atomic mass is 16.6. The van der Waals surface area contributed by atoms with E-state index in [9.17, 15) is 29.3 Å². The third-order valence-corrected chi connectivity index (χ3v) is 4.82. The van der Waals surface area contributed by atoms with Gasteiger partial charge in [0.15, 0.2) is 12.5 Å². The predicted octanol–water partition coefficient (Wildman–Crippen LogP) is 1.79. The number of carbonyl (C=O) groups is 4. The summed E-state index contributed by atoms with van der Waals surface area (Å²) in [5.74, 6) is -1.39. The molecule has 2 atom stereocenters. The topological polar surface area (TPSA) is 196 Å². The van der Waals surface area contributed by atoms with E-state index in [4.69, 9.17) is 18.9 Å². The van der Waals surface area contributed by atoms with Crippen LogP contribution in [0.3, 0.4) is 0 Å². The van der Waals surface area contributed by atoms with E-state index >= 15 is 0 Å². The number of amides is 4. The predicted molar refractivity (Wildman–Crippen MR) is 146 cm³/mol. The van der Waals surface area contributed by atoms with Crippen LogP contribution in [0.5, 0.6) is 0 Å². The Bertz CT molecular complexity index is 1120. The van der Waals surface area contributed by atoms with Gasteiger partial charge in [-0.3, -0.25) is 10.1 Å². The zero-order chi connectivity index (χ0) is 30.9. The average molecular weight is 578 g/mol. The highest BCUT2D eigenvalue weighted by Crippen LogP contribution is 2.23. The van der Waals surface area contributed by atoms with Gasteiger partial charge in [-0.25, -0.2) is 19.2 Å². The van der Waals surface area contributed by atoms with Crippen LogP contribution in [0.4, 0.5) is 15.3 Å². The molecule has 3 rings (SSSR count). The van der Waals surface area contributed by atoms with Crippen molar-refractivity contribution in [2.24, 2.45) is 0 Å². The molecule has 15 heteroatoms. The number of fused-ring (bicyclic) bond motifs is 10. The molecule has 0 saturated carbocycles. The molecule has 0 aromatic heterocycles. The zero-order valence-corrected chi connectivity index (χ0v) is 23.0. The second-order valence-electron chi connectivity index (χ2n) is 8.38. The van der Waals surface area contributed by atoms with Crippen LogP contribution in [0.1, 0.15) is 25.0 Å². The summed E-state index contributed by atoms with van der Waals surface area (Å²) >= 11 is 0. The molecule has 15 nitrogen and oxygen atoms in total. The van der Waals surface area contributed by atoms with E-state index in [-0.39, 0.29) is 54.9 Å². The number of nitro groups is 1. The number of ether oxygens (including phenoxy) is 4. The fourth-order valence-electron chi connectivity index (χ4n) is 2.81. The van der Waals surface area contributed by atoms with Crippen molar-refractivity contribution < 1.29 is 43.0 Å². The summed E-state index contributed by atoms with van der Waals surface area (Å²) < 4.78 is 21.2. The lowest BCUT2D eigenvalue weighted by Gasteiger charge is -2.22. The van der Waals surface area contributed by atoms with Crippen molar-refractivity contribution in [1.82, 2.24) is 21.3 Å². The first kappa shape index (κ1) is 34.5. The molecule has 2 bridgehead atoms. The smallest absolute Gasteiger partial charge is 0.333 e. The summed E-state index contributed by atoms with van der Waals surface area (Å²) in [5.41, 5.74) is 0.784. The second-order valence-corrected chi connectivity index (χ2v) is 8.38. The van der Waals surface area contributed by atoms with Gasteiger partial charge in [0.1, 0.15) is 13.2 Å². The average Bonchev–Trinajstić information content (AvgIpc) is 2.93. The fraction of sp³-hybridized carbons (Fsp3) is 0.385. The van der Waals surface area contributed by atoms with Crippen LogP contribution in [0.25, 0.3) is 0 Å². The van der Waals surface area contributed by atoms with Crippen molar-refractivity contribution in [3.05, 3.63) is 77.6 Å². The van der Waals surface area contributed by atoms with Crippen LogP contribution < -0.4 is 21.3 Å². The molecule has 4 amide bonds. The van der Waals surface area contributed by atoms with Gasteiger partial charge in [-0.15, -0.1) is 0 Å². The number of urea groups is 2. The van der Waals surface area contributed by atoms with Crippen LogP contribution in [-0.2, 0) is 41.8 Å². The van der Waals surface area contributed by atoms with Crippen LogP contribution in [0, 0.1) is 24.0 Å². The molecule has 0 saturated heterocycles. The maximum atomic E-state index is 12.5. The van der Waals surface area contributed by atoms with Crippen molar-refractivity contribution >= 4 is 29.7 Å². The Hall–Kier alpha value is -4.50. The summed E-state index contributed by atoms with van der Waals surface area (Å²) in [5, 5.41) is 21.3. The van der Waals surface area contributed by atoms with Gasteiger partial charge >= 0.3 is 24.0 Å². The molecule has 2 heterocycles. The third kappa shape index (κ3) is 13.4. The second kappa shape index (κ2) is 18.0. The number of benzene rings is 1. The maximum Gasteiger partial charge on any atom is 0.333 e. The molecule has 2 radical (unpaired) electrons. The number of nitrogens with one attached hydrogen (secondary N) is 4. The molecule has 2 unspecified atom stereocenters. The first-order chi connectivity index (χ1) is 19.4. The molecular formula is C26H35N5O10. The minimum absolute atomic E-state index is 0.114. The van der Waals surface area contributed by atoms with Crippen LogP contribution in [-0.4, -0.2) is 67.7 Å². The molecule has 1 aromatic rings. The summed E-state index contributed by atoms with van der Waals surface area (Å²) in [4.78, 5) is 57.2. The molecular weight excluding hydrogens is 542 g/mol. The standard InChI is InChI=1S/C21H25N3O9.C5H10N2O/c1-12(2)19(25)32-10-17-22-21(27)23-18(11-33-20(26)13(3)4)31-9-15-6-5-14(8-30-17)7-16(15)24(28)29;1-3-6-5(8)7-4-2/h5-7,17-18H,1,3,8-11H2,2,4H3,(H2,22,23,27);1-4H2,(H2,6,7,8). The molecule has 224 valence electrons. The van der Waals surface area contributed by atoms with Crippen molar-refractivity contribution in [2.75, 3.05) is 26.3 Å². The fourth-order valence-corrected chi connectivity index (χ4v) is 2.81. The lowest BCUT2D eigenvalue weighted by atomic mass is 10.1. The number of rotatable bonds is 9. The maximum absolute atomic E-state index is 12.5. The van der Waals surface area contributed by atoms with E-state index in [0.717, 1.165) is 0 Å². The quantitative estimate of drug-likeness (QED) is 0.145. The van der Waals surface area contributed by atoms with Crippen molar-refractivity contribution in [3.8, 4) is 0 Å². The van der Waals surface area contributed by atoms with E-state index in [1.807, 2.05) is 0 Å². The molecule has 0 aliphatic carbocycles. The van der Waals surface area contributed by atoms with E-state index < -0.39 is 35.3 Å². The number of esters is 2. The van der Waals surface area contributed by atoms with Crippen molar-refractivity contribution in [1.29, 1.82) is 0 Å². The largest absolute Gasteiger partial charge is 0.458 e. The van der Waals surface area contributed by atoms with Crippen molar-refractivity contribution in [3.63, 3.8) is 0 Å². The Kier molecular flexibility index (Phi) is 15.1. The van der Waals surface area contributed by atoms with Crippen LogP contribution in [0.2, 0.25) is 0 Å². The van der Waals surface area contributed by atoms with Crippen molar-refractivity contribution in [2.45, 2.75) is 39.5 Å². The number of nitro benzene ring substituents is 1. The summed E-state index contributed by atoms with van der Waals surface area (Å²) in [6.45, 7) is 16.4. The Morgan fingerprint density at radius 1 is 0.976 bits per heavy atom. The Morgan fingerprint density at radius 2 is 1.46 bits per heavy atom. The molecule has 2 aliphatic heterocycles. The van der Waals surface area contributed by atoms with Gasteiger partial charge in [-0.05, 0) is 39.3 Å². The number of hydrogen-bond donors (Lipinski definition) is 4. The van der Waals surface area contributed by atoms with Gasteiger partial charge in [0, 0.05) is 30.3 Å². The minimum Gasteiger partial charge on any atom is -0.458 e. The van der Waals surface area contributed by atoms with Gasteiger partial charge in [-0.2, -0.15) is 0 Å². The molecule has 1 aromatic carbocycles. The molecule has 4 N–H and O–H groups in total. The highest BCUT2D eigenvalue weighted by Gasteiger charge is 2.23. The van der Waals surface area contributed by atoms with Gasteiger partial charge in [0.25, 0.3) is 5.69 Å². The van der Waals surface area contributed by atoms with E-state index in [1.54, 1.807) is 6.07 Å². The Labute approximate surface area is 237 Å². The van der Waals surface area contributed by atoms with E-state index in [0.29, 0.717) is 18.7 Å². The summed E-state index contributed by atoms with van der Waals surface area (Å²) in [6, 6.07) is 3.43. The van der Waals surface area contributed by atoms with Crippen LogP contribution in [0.15, 0.2) is 42.5 Å².